The lowest BCUT2D eigenvalue weighted by atomic mass is 9.67. The van der Waals surface area contributed by atoms with Gasteiger partial charge in [-0.25, -0.2) is 0 Å². The normalized spacial score (nSPS) is 22.4. The van der Waals surface area contributed by atoms with E-state index < -0.39 is 0 Å². The van der Waals surface area contributed by atoms with Gasteiger partial charge >= 0.3 is 0 Å². The lowest BCUT2D eigenvalue weighted by molar-refractivity contribution is 0.139. The van der Waals surface area contributed by atoms with E-state index in [2.05, 4.69) is 24.5 Å². The highest BCUT2D eigenvalue weighted by atomic mass is 15.2. The van der Waals surface area contributed by atoms with Gasteiger partial charge in [-0.2, -0.15) is 0 Å². The minimum atomic E-state index is 0.527. The van der Waals surface area contributed by atoms with Crippen molar-refractivity contribution in [2.45, 2.75) is 58.8 Å². The van der Waals surface area contributed by atoms with Gasteiger partial charge in [-0.3, -0.25) is 4.99 Å². The first-order valence-electron chi connectivity index (χ1n) is 7.80. The smallest absolute Gasteiger partial charge is 0.191 e. The molecule has 0 radical (unpaired) electrons. The van der Waals surface area contributed by atoms with Gasteiger partial charge in [0.1, 0.15) is 0 Å². The van der Waals surface area contributed by atoms with Crippen LogP contribution in [0.5, 0.6) is 0 Å². The molecule has 2 fully saturated rings. The van der Waals surface area contributed by atoms with Gasteiger partial charge in [0.15, 0.2) is 5.96 Å². The van der Waals surface area contributed by atoms with Crippen LogP contribution in [0.1, 0.15) is 58.8 Å². The highest BCUT2D eigenvalue weighted by Gasteiger charge is 2.34. The molecule has 2 rings (SSSR count). The van der Waals surface area contributed by atoms with Gasteiger partial charge in [0.25, 0.3) is 0 Å². The molecule has 0 heterocycles. The molecule has 0 amide bonds. The van der Waals surface area contributed by atoms with Gasteiger partial charge in [0.2, 0.25) is 0 Å². The first-order valence-corrected chi connectivity index (χ1v) is 7.80. The average Bonchev–Trinajstić information content (AvgIpc) is 3.12. The standard InChI is InChI=1S/C15H29N3/c1-3-15(9-5-10-15)12-18-14(16-4-2)17-11-8-13-6-7-13/h13H,3-12H2,1-2H3,(H2,16,17,18). The van der Waals surface area contributed by atoms with Crippen LogP contribution in [0.15, 0.2) is 4.99 Å². The van der Waals surface area contributed by atoms with E-state index in [1.54, 1.807) is 0 Å². The summed E-state index contributed by atoms with van der Waals surface area (Å²) in [5.74, 6) is 2.02. The number of nitrogens with zero attached hydrogens (tertiary/aromatic N) is 1. The molecule has 104 valence electrons. The Bertz CT molecular complexity index is 272. The molecule has 0 spiro atoms. The third kappa shape index (κ3) is 3.89. The Morgan fingerprint density at radius 1 is 1.22 bits per heavy atom. The lowest BCUT2D eigenvalue weighted by Gasteiger charge is -2.40. The Morgan fingerprint density at radius 2 is 2.00 bits per heavy atom. The summed E-state index contributed by atoms with van der Waals surface area (Å²) < 4.78 is 0. The van der Waals surface area contributed by atoms with Crippen LogP contribution in [0.4, 0.5) is 0 Å². The SMILES string of the molecule is CCNC(=NCC1(CC)CCC1)NCCC1CC1. The summed E-state index contributed by atoms with van der Waals surface area (Å²) in [6.45, 7) is 7.48. The van der Waals surface area contributed by atoms with Crippen molar-refractivity contribution in [2.75, 3.05) is 19.6 Å². The third-order valence-corrected chi connectivity index (χ3v) is 4.62. The van der Waals surface area contributed by atoms with Crippen LogP contribution in [0.3, 0.4) is 0 Å². The first-order chi connectivity index (χ1) is 8.78. The van der Waals surface area contributed by atoms with Gasteiger partial charge in [-0.15, -0.1) is 0 Å². The van der Waals surface area contributed by atoms with Crippen molar-refractivity contribution >= 4 is 5.96 Å². The molecule has 3 heteroatoms. The number of aliphatic imine (C=N–C) groups is 1. The summed E-state index contributed by atoms with van der Waals surface area (Å²) in [6, 6.07) is 0. The highest BCUT2D eigenvalue weighted by molar-refractivity contribution is 5.79. The maximum Gasteiger partial charge on any atom is 0.191 e. The van der Waals surface area contributed by atoms with E-state index in [1.165, 1.54) is 44.9 Å². The molecule has 0 atom stereocenters. The van der Waals surface area contributed by atoms with E-state index in [9.17, 15) is 0 Å². The summed E-state index contributed by atoms with van der Waals surface area (Å²) in [5.41, 5.74) is 0.527. The maximum absolute atomic E-state index is 4.79. The van der Waals surface area contributed by atoms with Crippen LogP contribution >= 0.6 is 0 Å². The van der Waals surface area contributed by atoms with Crippen LogP contribution in [-0.4, -0.2) is 25.6 Å². The molecule has 0 aromatic heterocycles. The summed E-state index contributed by atoms with van der Waals surface area (Å²) >= 11 is 0. The molecule has 2 aliphatic carbocycles. The minimum Gasteiger partial charge on any atom is -0.357 e. The number of nitrogens with one attached hydrogen (secondary N) is 2. The quantitative estimate of drug-likeness (QED) is 0.539. The second-order valence-electron chi connectivity index (χ2n) is 6.06. The van der Waals surface area contributed by atoms with Crippen molar-refractivity contribution in [3.05, 3.63) is 0 Å². The Labute approximate surface area is 112 Å². The molecule has 0 aromatic carbocycles. The largest absolute Gasteiger partial charge is 0.357 e. The molecular weight excluding hydrogens is 222 g/mol. The zero-order valence-corrected chi connectivity index (χ0v) is 12.1. The summed E-state index contributed by atoms with van der Waals surface area (Å²) in [4.78, 5) is 4.79. The Kier molecular flexibility index (Phi) is 4.90. The molecule has 2 saturated carbocycles. The Hall–Kier alpha value is -0.730. The monoisotopic (exact) mass is 251 g/mol. The maximum atomic E-state index is 4.79. The summed E-state index contributed by atoms with van der Waals surface area (Å²) in [6.07, 6.45) is 9.60. The molecule has 18 heavy (non-hydrogen) atoms. The topological polar surface area (TPSA) is 36.4 Å². The predicted octanol–water partition coefficient (Wildman–Crippen LogP) is 2.92. The lowest BCUT2D eigenvalue weighted by Crippen LogP contribution is -2.40. The first kappa shape index (κ1) is 13.7. The summed E-state index contributed by atoms with van der Waals surface area (Å²) in [7, 11) is 0. The molecule has 0 aliphatic heterocycles. The third-order valence-electron chi connectivity index (χ3n) is 4.62. The predicted molar refractivity (Wildman–Crippen MR) is 77.9 cm³/mol. The fraction of sp³-hybridized carbons (Fsp3) is 0.933. The van der Waals surface area contributed by atoms with E-state index in [0.29, 0.717) is 5.41 Å². The van der Waals surface area contributed by atoms with E-state index in [-0.39, 0.29) is 0 Å². The molecule has 0 unspecified atom stereocenters. The molecule has 0 aromatic rings. The van der Waals surface area contributed by atoms with Crippen molar-refractivity contribution in [1.82, 2.24) is 10.6 Å². The second-order valence-corrected chi connectivity index (χ2v) is 6.06. The summed E-state index contributed by atoms with van der Waals surface area (Å²) in [5, 5.41) is 6.84. The molecule has 3 nitrogen and oxygen atoms in total. The number of guanidine groups is 1. The van der Waals surface area contributed by atoms with Crippen LogP contribution in [0.2, 0.25) is 0 Å². The molecule has 0 saturated heterocycles. The number of hydrogen-bond donors (Lipinski definition) is 2. The second kappa shape index (κ2) is 6.44. The van der Waals surface area contributed by atoms with Gasteiger partial charge in [-0.1, -0.05) is 26.2 Å². The van der Waals surface area contributed by atoms with Gasteiger partial charge in [-0.05, 0) is 43.9 Å². The van der Waals surface area contributed by atoms with Crippen molar-refractivity contribution in [3.63, 3.8) is 0 Å². The van der Waals surface area contributed by atoms with Gasteiger partial charge < -0.3 is 10.6 Å². The van der Waals surface area contributed by atoms with Crippen molar-refractivity contribution in [1.29, 1.82) is 0 Å². The number of rotatable bonds is 7. The van der Waals surface area contributed by atoms with Crippen LogP contribution in [0.25, 0.3) is 0 Å². The van der Waals surface area contributed by atoms with E-state index in [1.807, 2.05) is 0 Å². The highest BCUT2D eigenvalue weighted by Crippen LogP contribution is 2.43. The van der Waals surface area contributed by atoms with Gasteiger partial charge in [0, 0.05) is 19.6 Å². The average molecular weight is 251 g/mol. The van der Waals surface area contributed by atoms with Crippen LogP contribution in [0, 0.1) is 11.3 Å². The van der Waals surface area contributed by atoms with Gasteiger partial charge in [0.05, 0.1) is 0 Å². The van der Waals surface area contributed by atoms with E-state index in [4.69, 9.17) is 4.99 Å². The zero-order valence-electron chi connectivity index (χ0n) is 12.1. The number of hydrogen-bond acceptors (Lipinski definition) is 1. The Morgan fingerprint density at radius 3 is 2.50 bits per heavy atom. The van der Waals surface area contributed by atoms with E-state index >= 15 is 0 Å². The van der Waals surface area contributed by atoms with Crippen molar-refractivity contribution < 1.29 is 0 Å². The Balaban J connectivity index is 1.74. The fourth-order valence-corrected chi connectivity index (χ4v) is 2.69. The minimum absolute atomic E-state index is 0.527. The molecule has 0 bridgehead atoms. The van der Waals surface area contributed by atoms with Crippen LogP contribution in [-0.2, 0) is 0 Å². The van der Waals surface area contributed by atoms with Crippen LogP contribution < -0.4 is 10.6 Å². The molecule has 2 N–H and O–H groups in total. The molecule has 2 aliphatic rings. The van der Waals surface area contributed by atoms with Crippen molar-refractivity contribution in [3.8, 4) is 0 Å². The molecular formula is C15H29N3. The zero-order chi connectivity index (χ0) is 12.8. The van der Waals surface area contributed by atoms with E-state index in [0.717, 1.165) is 31.5 Å². The fourth-order valence-electron chi connectivity index (χ4n) is 2.69. The van der Waals surface area contributed by atoms with Crippen molar-refractivity contribution in [2.24, 2.45) is 16.3 Å².